The Bertz CT molecular complexity index is 594. The summed E-state index contributed by atoms with van der Waals surface area (Å²) < 4.78 is 0. The van der Waals surface area contributed by atoms with Gasteiger partial charge in [-0.05, 0) is 106 Å². The van der Waals surface area contributed by atoms with Gasteiger partial charge in [-0.15, -0.1) is 0 Å². The fourth-order valence-electron chi connectivity index (χ4n) is 7.82. The van der Waals surface area contributed by atoms with E-state index in [1.807, 2.05) is 55.4 Å². The molecule has 3 saturated carbocycles. The van der Waals surface area contributed by atoms with Gasteiger partial charge < -0.3 is 9.90 Å². The van der Waals surface area contributed by atoms with E-state index in [4.69, 9.17) is 0 Å². The minimum absolute atomic E-state index is 0.100. The van der Waals surface area contributed by atoms with Crippen LogP contribution in [-0.4, -0.2) is 17.0 Å². The van der Waals surface area contributed by atoms with E-state index >= 15 is 0 Å². The number of rotatable bonds is 4. The van der Waals surface area contributed by atoms with Gasteiger partial charge in [-0.25, -0.2) is 0 Å². The van der Waals surface area contributed by atoms with Crippen LogP contribution in [0.4, 0.5) is 0 Å². The third-order valence-electron chi connectivity index (χ3n) is 9.36. The van der Waals surface area contributed by atoms with Crippen molar-refractivity contribution in [2.45, 2.75) is 153 Å². The first-order valence-corrected chi connectivity index (χ1v) is 15.2. The number of hydrogen-bond donors (Lipinski definition) is 1. The lowest BCUT2D eigenvalue weighted by Gasteiger charge is -2.58. The third-order valence-corrected chi connectivity index (χ3v) is 9.36. The molecule has 0 bridgehead atoms. The first-order valence-electron chi connectivity index (χ1n) is 15.2. The highest BCUT2D eigenvalue weighted by Gasteiger charge is 2.58. The van der Waals surface area contributed by atoms with Gasteiger partial charge in [0, 0.05) is 6.42 Å². The zero-order valence-electron chi connectivity index (χ0n) is 25.1. The van der Waals surface area contributed by atoms with Crippen LogP contribution in [0.15, 0.2) is 11.6 Å². The summed E-state index contributed by atoms with van der Waals surface area (Å²) in [5.41, 5.74) is 2.45. The Morgan fingerprint density at radius 3 is 2.12 bits per heavy atom. The van der Waals surface area contributed by atoms with Gasteiger partial charge in [0.1, 0.15) is 5.78 Å². The van der Waals surface area contributed by atoms with Crippen LogP contribution in [0.1, 0.15) is 147 Å². The lowest BCUT2D eigenvalue weighted by atomic mass is 9.47. The number of allylic oxidation sites excluding steroid dienone is 1. The van der Waals surface area contributed by atoms with Gasteiger partial charge in [-0.3, -0.25) is 0 Å². The predicted molar refractivity (Wildman–Crippen MR) is 151 cm³/mol. The van der Waals surface area contributed by atoms with Crippen molar-refractivity contribution in [1.29, 1.82) is 0 Å². The highest BCUT2D eigenvalue weighted by Crippen LogP contribution is 2.66. The quantitative estimate of drug-likeness (QED) is 0.408. The van der Waals surface area contributed by atoms with Crippen LogP contribution in [0, 0.1) is 34.5 Å². The average Bonchev–Trinajstić information content (AvgIpc) is 3.21. The summed E-state index contributed by atoms with van der Waals surface area (Å²) in [6, 6.07) is 0. The molecule has 7 atom stereocenters. The van der Waals surface area contributed by atoms with Crippen LogP contribution < -0.4 is 0 Å². The van der Waals surface area contributed by atoms with Gasteiger partial charge in [0.05, 0.1) is 6.10 Å². The first kappa shape index (κ1) is 33.4. The Balaban J connectivity index is 0.00000124. The molecule has 4 aliphatic carbocycles. The Labute approximate surface area is 214 Å². The first-order chi connectivity index (χ1) is 16.3. The molecule has 0 aromatic rings. The fourth-order valence-corrected chi connectivity index (χ4v) is 7.82. The normalized spacial score (nSPS) is 37.1. The number of carbonyl (C=O) groups is 1. The summed E-state index contributed by atoms with van der Waals surface area (Å²) in [6.45, 7) is 22.8. The van der Waals surface area contributed by atoms with Gasteiger partial charge in [-0.2, -0.15) is 0 Å². The van der Waals surface area contributed by atoms with Crippen molar-refractivity contribution in [3.05, 3.63) is 11.6 Å². The Hall–Kier alpha value is -0.630. The van der Waals surface area contributed by atoms with E-state index in [1.54, 1.807) is 12.5 Å². The van der Waals surface area contributed by atoms with Crippen LogP contribution >= 0.6 is 0 Å². The number of carbonyl (C=O) groups excluding carboxylic acids is 1. The third kappa shape index (κ3) is 7.21. The monoisotopic (exact) mass is 478 g/mol. The summed E-state index contributed by atoms with van der Waals surface area (Å²) in [6.07, 6.45) is 15.5. The molecular weight excluding hydrogens is 416 g/mol. The zero-order valence-corrected chi connectivity index (χ0v) is 25.1. The molecule has 7 unspecified atom stereocenters. The van der Waals surface area contributed by atoms with Crippen molar-refractivity contribution in [1.82, 2.24) is 0 Å². The van der Waals surface area contributed by atoms with E-state index in [9.17, 15) is 9.90 Å². The van der Waals surface area contributed by atoms with E-state index in [2.05, 4.69) is 19.9 Å². The largest absolute Gasteiger partial charge is 0.393 e. The lowest BCUT2D eigenvalue weighted by Crippen LogP contribution is -2.50. The average molecular weight is 479 g/mol. The van der Waals surface area contributed by atoms with Crippen molar-refractivity contribution < 1.29 is 9.90 Å². The maximum absolute atomic E-state index is 11.3. The zero-order chi connectivity index (χ0) is 26.5. The standard InChI is InChI=1S/C24H38O2.4C2H6/c1-16(25)5-4-6-17-8-10-21-20-9-7-18-15-19(26)11-13-24(18,3)22(20)12-14-23(17,21)2;4*1-2/h7,17,19-22,26H,4-6,8-15H2,1-3H3;4*1-2H3. The van der Waals surface area contributed by atoms with Crippen molar-refractivity contribution in [3.8, 4) is 0 Å². The van der Waals surface area contributed by atoms with Gasteiger partial charge in [-0.1, -0.05) is 80.9 Å². The molecule has 34 heavy (non-hydrogen) atoms. The molecule has 1 N–H and O–H groups in total. The van der Waals surface area contributed by atoms with Crippen LogP contribution in [-0.2, 0) is 4.79 Å². The highest BCUT2D eigenvalue weighted by molar-refractivity contribution is 5.75. The maximum atomic E-state index is 11.3. The van der Waals surface area contributed by atoms with E-state index in [0.29, 0.717) is 16.6 Å². The summed E-state index contributed by atoms with van der Waals surface area (Å²) in [4.78, 5) is 11.3. The molecule has 0 aromatic heterocycles. The number of aliphatic hydroxyl groups excluding tert-OH is 1. The lowest BCUT2D eigenvalue weighted by molar-refractivity contribution is -0.117. The summed E-state index contributed by atoms with van der Waals surface area (Å²) >= 11 is 0. The van der Waals surface area contributed by atoms with Crippen LogP contribution in [0.3, 0.4) is 0 Å². The van der Waals surface area contributed by atoms with E-state index < -0.39 is 0 Å². The molecular formula is C32H62O2. The Morgan fingerprint density at radius 1 is 0.912 bits per heavy atom. The molecule has 4 aliphatic rings. The SMILES string of the molecule is CC.CC.CC.CC.CC(=O)CCCC1CCC2C3CC=C4CC(O)CCC4(C)C3CCC12C. The second-order valence-electron chi connectivity index (χ2n) is 10.6. The van der Waals surface area contributed by atoms with E-state index in [1.165, 1.54) is 44.9 Å². The topological polar surface area (TPSA) is 37.3 Å². The van der Waals surface area contributed by atoms with E-state index in [-0.39, 0.29) is 6.10 Å². The molecule has 0 aromatic carbocycles. The summed E-state index contributed by atoms with van der Waals surface area (Å²) in [5.74, 6) is 3.76. The molecule has 0 spiro atoms. The number of fused-ring (bicyclic) bond motifs is 5. The fraction of sp³-hybridized carbons (Fsp3) is 0.906. The maximum Gasteiger partial charge on any atom is 0.129 e. The highest BCUT2D eigenvalue weighted by atomic mass is 16.3. The van der Waals surface area contributed by atoms with Crippen LogP contribution in [0.2, 0.25) is 0 Å². The molecule has 0 radical (unpaired) electrons. The predicted octanol–water partition coefficient (Wildman–Crippen LogP) is 9.79. The second-order valence-corrected chi connectivity index (χ2v) is 10.6. The molecule has 0 amide bonds. The van der Waals surface area contributed by atoms with Gasteiger partial charge in [0.2, 0.25) is 0 Å². The molecule has 2 heteroatoms. The molecule has 0 saturated heterocycles. The smallest absolute Gasteiger partial charge is 0.129 e. The van der Waals surface area contributed by atoms with Gasteiger partial charge in [0.15, 0.2) is 0 Å². The number of aliphatic hydroxyl groups is 1. The summed E-state index contributed by atoms with van der Waals surface area (Å²) in [5, 5.41) is 10.1. The molecule has 2 nitrogen and oxygen atoms in total. The molecule has 0 aliphatic heterocycles. The van der Waals surface area contributed by atoms with Crippen molar-refractivity contribution >= 4 is 5.78 Å². The number of Topliss-reactive ketones (excluding diaryl/α,β-unsaturated/α-hetero) is 1. The minimum atomic E-state index is -0.100. The van der Waals surface area contributed by atoms with E-state index in [0.717, 1.165) is 49.4 Å². The van der Waals surface area contributed by atoms with Crippen molar-refractivity contribution in [3.63, 3.8) is 0 Å². The molecule has 202 valence electrons. The Kier molecular flexibility index (Phi) is 15.9. The van der Waals surface area contributed by atoms with Crippen LogP contribution in [0.25, 0.3) is 0 Å². The van der Waals surface area contributed by atoms with Crippen molar-refractivity contribution in [2.24, 2.45) is 34.5 Å². The van der Waals surface area contributed by atoms with Crippen LogP contribution in [0.5, 0.6) is 0 Å². The van der Waals surface area contributed by atoms with Gasteiger partial charge in [0.25, 0.3) is 0 Å². The van der Waals surface area contributed by atoms with Gasteiger partial charge >= 0.3 is 0 Å². The number of hydrogen-bond acceptors (Lipinski definition) is 2. The number of ketones is 1. The Morgan fingerprint density at radius 2 is 1.53 bits per heavy atom. The molecule has 3 fully saturated rings. The minimum Gasteiger partial charge on any atom is -0.393 e. The summed E-state index contributed by atoms with van der Waals surface area (Å²) in [7, 11) is 0. The van der Waals surface area contributed by atoms with Crippen molar-refractivity contribution in [2.75, 3.05) is 0 Å². The second kappa shape index (κ2) is 16.2. The molecule has 4 rings (SSSR count). The molecule has 0 heterocycles.